The highest BCUT2D eigenvalue weighted by Gasteiger charge is 2.14. The summed E-state index contributed by atoms with van der Waals surface area (Å²) in [6.07, 6.45) is 0.0713. The van der Waals surface area contributed by atoms with E-state index in [1.165, 1.54) is 12.1 Å². The Morgan fingerprint density at radius 2 is 1.96 bits per heavy atom. The maximum absolute atomic E-state index is 13.2. The summed E-state index contributed by atoms with van der Waals surface area (Å²) in [5.74, 6) is -0.157. The van der Waals surface area contributed by atoms with E-state index in [9.17, 15) is 9.18 Å². The molecule has 0 atom stereocenters. The van der Waals surface area contributed by atoms with Gasteiger partial charge in [-0.15, -0.1) is 0 Å². The van der Waals surface area contributed by atoms with Crippen LogP contribution >= 0.6 is 0 Å². The lowest BCUT2D eigenvalue weighted by molar-refractivity contribution is -0.120. The van der Waals surface area contributed by atoms with Crippen molar-refractivity contribution in [1.29, 1.82) is 0 Å². The molecule has 2 aromatic heterocycles. The summed E-state index contributed by atoms with van der Waals surface area (Å²) >= 11 is 0. The number of nitrogens with one attached hydrogen (secondary N) is 1. The third kappa shape index (κ3) is 3.30. The van der Waals surface area contributed by atoms with Gasteiger partial charge in [-0.1, -0.05) is 34.6 Å². The number of benzene rings is 2. The van der Waals surface area contributed by atoms with Crippen LogP contribution in [0.25, 0.3) is 22.4 Å². The molecule has 0 bridgehead atoms. The Kier molecular flexibility index (Phi) is 4.14. The Bertz CT molecular complexity index is 1070. The third-order valence-electron chi connectivity index (χ3n) is 3.77. The van der Waals surface area contributed by atoms with Crippen molar-refractivity contribution in [1.82, 2.24) is 20.6 Å². The van der Waals surface area contributed by atoms with Crippen molar-refractivity contribution >= 4 is 16.9 Å². The Morgan fingerprint density at radius 1 is 1.08 bits per heavy atom. The average Bonchev–Trinajstić information content (AvgIpc) is 3.28. The topological polar surface area (TPSA) is 94.1 Å². The Hall–Kier alpha value is -3.55. The number of amides is 1. The minimum absolute atomic E-state index is 0.0664. The van der Waals surface area contributed by atoms with E-state index in [1.807, 2.05) is 18.2 Å². The van der Waals surface area contributed by atoms with Crippen molar-refractivity contribution in [3.05, 3.63) is 65.9 Å². The van der Waals surface area contributed by atoms with Crippen molar-refractivity contribution < 1.29 is 18.2 Å². The molecule has 130 valence electrons. The summed E-state index contributed by atoms with van der Waals surface area (Å²) in [4.78, 5) is 16.3. The average molecular weight is 352 g/mol. The molecule has 4 aromatic rings. The number of aromatic nitrogens is 3. The first kappa shape index (κ1) is 15.9. The highest BCUT2D eigenvalue weighted by Crippen LogP contribution is 2.18. The minimum Gasteiger partial charge on any atom is -0.356 e. The van der Waals surface area contributed by atoms with E-state index in [0.29, 0.717) is 16.8 Å². The van der Waals surface area contributed by atoms with Crippen molar-refractivity contribution in [2.75, 3.05) is 0 Å². The van der Waals surface area contributed by atoms with Crippen molar-refractivity contribution in [3.63, 3.8) is 0 Å². The van der Waals surface area contributed by atoms with Crippen LogP contribution in [0.15, 0.2) is 57.6 Å². The summed E-state index contributed by atoms with van der Waals surface area (Å²) < 4.78 is 23.5. The number of rotatable bonds is 5. The third-order valence-corrected chi connectivity index (χ3v) is 3.77. The van der Waals surface area contributed by atoms with Crippen molar-refractivity contribution in [2.45, 2.75) is 13.0 Å². The van der Waals surface area contributed by atoms with Gasteiger partial charge in [-0.05, 0) is 24.3 Å². The van der Waals surface area contributed by atoms with Crippen LogP contribution in [0.2, 0.25) is 0 Å². The van der Waals surface area contributed by atoms with Gasteiger partial charge in [0.25, 0.3) is 0 Å². The highest BCUT2D eigenvalue weighted by molar-refractivity contribution is 5.86. The number of fused-ring (bicyclic) bond motifs is 1. The molecule has 0 aliphatic heterocycles. The molecule has 2 aromatic carbocycles. The normalized spacial score (nSPS) is 11.0. The first-order chi connectivity index (χ1) is 12.7. The molecular weight excluding hydrogens is 339 g/mol. The van der Waals surface area contributed by atoms with Crippen LogP contribution in [0.1, 0.15) is 11.6 Å². The molecular formula is C18H13FN4O3. The predicted molar refractivity (Wildman–Crippen MR) is 89.3 cm³/mol. The lowest BCUT2D eigenvalue weighted by atomic mass is 10.1. The van der Waals surface area contributed by atoms with Gasteiger partial charge in [-0.25, -0.2) is 4.39 Å². The molecule has 0 saturated carbocycles. The van der Waals surface area contributed by atoms with Crippen LogP contribution in [0.3, 0.4) is 0 Å². The first-order valence-corrected chi connectivity index (χ1v) is 7.87. The van der Waals surface area contributed by atoms with Gasteiger partial charge in [-0.2, -0.15) is 4.98 Å². The number of hydrogen-bond acceptors (Lipinski definition) is 6. The Labute approximate surface area is 146 Å². The molecule has 8 heteroatoms. The lowest BCUT2D eigenvalue weighted by Crippen LogP contribution is -2.24. The van der Waals surface area contributed by atoms with E-state index in [-0.39, 0.29) is 36.4 Å². The lowest BCUT2D eigenvalue weighted by Gasteiger charge is -2.00. The van der Waals surface area contributed by atoms with E-state index in [1.54, 1.807) is 18.2 Å². The fraction of sp³-hybridized carbons (Fsp3) is 0.111. The maximum atomic E-state index is 13.2. The number of nitrogens with zero attached hydrogens (tertiary/aromatic N) is 3. The number of halogens is 1. The Morgan fingerprint density at radius 3 is 2.85 bits per heavy atom. The fourth-order valence-corrected chi connectivity index (χ4v) is 2.53. The van der Waals surface area contributed by atoms with Crippen LogP contribution in [0, 0.1) is 5.82 Å². The molecule has 0 radical (unpaired) electrons. The monoisotopic (exact) mass is 352 g/mol. The van der Waals surface area contributed by atoms with E-state index in [4.69, 9.17) is 9.05 Å². The molecule has 7 nitrogen and oxygen atoms in total. The van der Waals surface area contributed by atoms with Crippen LogP contribution in [0.5, 0.6) is 0 Å². The first-order valence-electron chi connectivity index (χ1n) is 7.87. The summed E-state index contributed by atoms with van der Waals surface area (Å²) in [6.45, 7) is 0.0664. The zero-order chi connectivity index (χ0) is 17.9. The molecule has 1 N–H and O–H groups in total. The second kappa shape index (κ2) is 6.75. The molecule has 0 saturated heterocycles. The second-order valence-electron chi connectivity index (χ2n) is 5.60. The number of carbonyl (C=O) groups excluding carboxylic acids is 1. The highest BCUT2D eigenvalue weighted by atomic mass is 19.1. The summed E-state index contributed by atoms with van der Waals surface area (Å²) in [5.41, 5.74) is 1.69. The number of hydrogen-bond donors (Lipinski definition) is 1. The molecule has 26 heavy (non-hydrogen) atoms. The van der Waals surface area contributed by atoms with E-state index >= 15 is 0 Å². The standard InChI is InChI=1S/C18H13FN4O3/c19-12-5-3-4-11(8-12)18-21-17(26-23-18)10-20-16(24)9-14-13-6-1-2-7-15(13)25-22-14/h1-8H,9-10H2,(H,20,24). The molecule has 0 aliphatic rings. The van der Waals surface area contributed by atoms with Crippen LogP contribution in [-0.2, 0) is 17.8 Å². The fourth-order valence-electron chi connectivity index (χ4n) is 2.53. The molecule has 0 aliphatic carbocycles. The van der Waals surface area contributed by atoms with E-state index in [0.717, 1.165) is 5.39 Å². The van der Waals surface area contributed by atoms with Crippen LogP contribution in [0.4, 0.5) is 4.39 Å². The van der Waals surface area contributed by atoms with Gasteiger partial charge in [0.2, 0.25) is 17.6 Å². The van der Waals surface area contributed by atoms with Gasteiger partial charge in [0, 0.05) is 10.9 Å². The minimum atomic E-state index is -0.387. The zero-order valence-electron chi connectivity index (χ0n) is 13.5. The van der Waals surface area contributed by atoms with Gasteiger partial charge in [0.15, 0.2) is 5.58 Å². The van der Waals surface area contributed by atoms with Crippen molar-refractivity contribution in [3.8, 4) is 11.4 Å². The van der Waals surface area contributed by atoms with Gasteiger partial charge in [0.1, 0.15) is 11.5 Å². The zero-order valence-corrected chi connectivity index (χ0v) is 13.5. The van der Waals surface area contributed by atoms with E-state index < -0.39 is 0 Å². The molecule has 2 heterocycles. The second-order valence-corrected chi connectivity index (χ2v) is 5.60. The molecule has 0 spiro atoms. The summed E-state index contributed by atoms with van der Waals surface area (Å²) in [7, 11) is 0. The quantitative estimate of drug-likeness (QED) is 0.593. The number of carbonyl (C=O) groups is 1. The van der Waals surface area contributed by atoms with Gasteiger partial charge >= 0.3 is 0 Å². The summed E-state index contributed by atoms with van der Waals surface area (Å²) in [5, 5.41) is 11.2. The van der Waals surface area contributed by atoms with E-state index in [2.05, 4.69) is 20.6 Å². The SMILES string of the molecule is O=C(Cc1noc2ccccc12)NCc1nc(-c2cccc(F)c2)no1. The van der Waals surface area contributed by atoms with Gasteiger partial charge in [-0.3, -0.25) is 4.79 Å². The molecule has 4 rings (SSSR count). The molecule has 0 fully saturated rings. The maximum Gasteiger partial charge on any atom is 0.246 e. The van der Waals surface area contributed by atoms with Gasteiger partial charge < -0.3 is 14.4 Å². The smallest absolute Gasteiger partial charge is 0.246 e. The Balaban J connectivity index is 1.39. The predicted octanol–water partition coefficient (Wildman–Crippen LogP) is 2.88. The molecule has 0 unspecified atom stereocenters. The van der Waals surface area contributed by atoms with Crippen molar-refractivity contribution in [2.24, 2.45) is 0 Å². The van der Waals surface area contributed by atoms with Gasteiger partial charge in [0.05, 0.1) is 13.0 Å². The summed E-state index contributed by atoms with van der Waals surface area (Å²) in [6, 6.07) is 13.2. The largest absolute Gasteiger partial charge is 0.356 e. The molecule has 1 amide bonds. The van der Waals surface area contributed by atoms with Crippen LogP contribution < -0.4 is 5.32 Å². The number of para-hydroxylation sites is 1. The van der Waals surface area contributed by atoms with Crippen LogP contribution in [-0.4, -0.2) is 21.2 Å².